The highest BCUT2D eigenvalue weighted by molar-refractivity contribution is 5.99. The Labute approximate surface area is 130 Å². The Hall–Kier alpha value is -2.55. The molecule has 116 valence electrons. The Morgan fingerprint density at radius 2 is 2.09 bits per heavy atom. The van der Waals surface area contributed by atoms with Gasteiger partial charge in [-0.1, -0.05) is 5.92 Å². The molecule has 1 aliphatic heterocycles. The number of carbonyl (C=O) groups excluding carboxylic acids is 2. The van der Waals surface area contributed by atoms with Crippen molar-refractivity contribution in [2.45, 2.75) is 19.3 Å². The fraction of sp³-hybridized carbons (Fsp3) is 0.438. The van der Waals surface area contributed by atoms with Crippen LogP contribution >= 0.6 is 0 Å². The van der Waals surface area contributed by atoms with E-state index in [1.807, 2.05) is 4.90 Å². The van der Waals surface area contributed by atoms with Crippen LogP contribution in [-0.2, 0) is 4.79 Å². The van der Waals surface area contributed by atoms with E-state index in [0.29, 0.717) is 11.4 Å². The predicted molar refractivity (Wildman–Crippen MR) is 84.3 cm³/mol. The molecule has 1 aromatic heterocycles. The lowest BCUT2D eigenvalue weighted by atomic mass is 10.1. The van der Waals surface area contributed by atoms with Gasteiger partial charge in [0.2, 0.25) is 5.91 Å². The van der Waals surface area contributed by atoms with E-state index in [1.54, 1.807) is 18.3 Å². The van der Waals surface area contributed by atoms with Crippen LogP contribution in [-0.4, -0.2) is 47.9 Å². The van der Waals surface area contributed by atoms with Gasteiger partial charge in [0.15, 0.2) is 0 Å². The monoisotopic (exact) mass is 300 g/mol. The first-order valence-corrected chi connectivity index (χ1v) is 7.40. The molecule has 2 rings (SSSR count). The number of nitrogens with zero attached hydrogens (tertiary/aromatic N) is 2. The maximum absolute atomic E-state index is 12.6. The van der Waals surface area contributed by atoms with Crippen molar-refractivity contribution in [2.24, 2.45) is 0 Å². The third-order valence-corrected chi connectivity index (χ3v) is 3.49. The number of pyridine rings is 1. The molecule has 6 heteroatoms. The fourth-order valence-corrected chi connectivity index (χ4v) is 2.36. The van der Waals surface area contributed by atoms with Crippen molar-refractivity contribution in [1.29, 1.82) is 0 Å². The SMILES string of the molecule is C#CCNC(=O)CNc1ncccc1C(=O)N1CCCCC1. The summed E-state index contributed by atoms with van der Waals surface area (Å²) < 4.78 is 0. The van der Waals surface area contributed by atoms with Gasteiger partial charge in [0.25, 0.3) is 5.91 Å². The van der Waals surface area contributed by atoms with Gasteiger partial charge in [-0.3, -0.25) is 9.59 Å². The Balaban J connectivity index is 2.01. The van der Waals surface area contributed by atoms with Crippen LogP contribution in [0.3, 0.4) is 0 Å². The Bertz CT molecular complexity index is 574. The second kappa shape index (κ2) is 8.03. The molecule has 0 unspecified atom stereocenters. The average Bonchev–Trinajstić information content (AvgIpc) is 2.58. The highest BCUT2D eigenvalue weighted by Crippen LogP contribution is 2.17. The molecule has 1 saturated heterocycles. The molecule has 22 heavy (non-hydrogen) atoms. The summed E-state index contributed by atoms with van der Waals surface area (Å²) in [6.45, 7) is 1.76. The van der Waals surface area contributed by atoms with Gasteiger partial charge in [-0.15, -0.1) is 6.42 Å². The molecule has 2 N–H and O–H groups in total. The molecule has 0 aliphatic carbocycles. The van der Waals surface area contributed by atoms with E-state index >= 15 is 0 Å². The molecular weight excluding hydrogens is 280 g/mol. The van der Waals surface area contributed by atoms with Crippen molar-refractivity contribution in [3.63, 3.8) is 0 Å². The first-order valence-electron chi connectivity index (χ1n) is 7.40. The van der Waals surface area contributed by atoms with Crippen LogP contribution in [0.15, 0.2) is 18.3 Å². The number of anilines is 1. The van der Waals surface area contributed by atoms with Crippen LogP contribution in [0.25, 0.3) is 0 Å². The van der Waals surface area contributed by atoms with E-state index in [2.05, 4.69) is 21.5 Å². The Morgan fingerprint density at radius 3 is 2.82 bits per heavy atom. The maximum atomic E-state index is 12.6. The molecule has 0 saturated carbocycles. The largest absolute Gasteiger partial charge is 0.360 e. The number of likely N-dealkylation sites (tertiary alicyclic amines) is 1. The standard InChI is InChI=1S/C16H20N4O2/c1-2-8-17-14(21)12-19-15-13(7-6-9-18-15)16(22)20-10-4-3-5-11-20/h1,6-7,9H,3-5,8,10-12H2,(H,17,21)(H,18,19). The summed E-state index contributed by atoms with van der Waals surface area (Å²) in [7, 11) is 0. The normalized spacial score (nSPS) is 14.0. The van der Waals surface area contributed by atoms with Crippen LogP contribution < -0.4 is 10.6 Å². The van der Waals surface area contributed by atoms with Gasteiger partial charge in [-0.2, -0.15) is 0 Å². The van der Waals surface area contributed by atoms with E-state index in [1.165, 1.54) is 0 Å². The number of aromatic nitrogens is 1. The minimum Gasteiger partial charge on any atom is -0.360 e. The summed E-state index contributed by atoms with van der Waals surface area (Å²) in [5.74, 6) is 2.48. The summed E-state index contributed by atoms with van der Waals surface area (Å²) >= 11 is 0. The topological polar surface area (TPSA) is 74.3 Å². The minimum absolute atomic E-state index is 0.0268. The molecule has 0 radical (unpaired) electrons. The predicted octanol–water partition coefficient (Wildman–Crippen LogP) is 0.869. The number of terminal acetylenes is 1. The van der Waals surface area contributed by atoms with Crippen LogP contribution in [0.1, 0.15) is 29.6 Å². The molecule has 0 aromatic carbocycles. The number of hydrogen-bond acceptors (Lipinski definition) is 4. The highest BCUT2D eigenvalue weighted by Gasteiger charge is 2.21. The van der Waals surface area contributed by atoms with E-state index < -0.39 is 0 Å². The van der Waals surface area contributed by atoms with E-state index in [9.17, 15) is 9.59 Å². The number of nitrogens with one attached hydrogen (secondary N) is 2. The summed E-state index contributed by atoms with van der Waals surface area (Å²) in [6.07, 6.45) is 9.90. The average molecular weight is 300 g/mol. The summed E-state index contributed by atoms with van der Waals surface area (Å²) in [6, 6.07) is 3.45. The molecule has 2 amide bonds. The molecule has 1 aliphatic rings. The smallest absolute Gasteiger partial charge is 0.257 e. The van der Waals surface area contributed by atoms with Gasteiger partial charge in [0, 0.05) is 19.3 Å². The van der Waals surface area contributed by atoms with E-state index in [0.717, 1.165) is 32.4 Å². The Kier molecular flexibility index (Phi) is 5.78. The number of rotatable bonds is 5. The Morgan fingerprint density at radius 1 is 1.32 bits per heavy atom. The van der Waals surface area contributed by atoms with Gasteiger partial charge < -0.3 is 15.5 Å². The van der Waals surface area contributed by atoms with Gasteiger partial charge in [-0.05, 0) is 31.4 Å². The molecule has 1 aromatic rings. The van der Waals surface area contributed by atoms with Gasteiger partial charge in [0.05, 0.1) is 18.7 Å². The minimum atomic E-state index is -0.236. The molecule has 6 nitrogen and oxygen atoms in total. The summed E-state index contributed by atoms with van der Waals surface area (Å²) in [5, 5.41) is 5.46. The number of hydrogen-bond donors (Lipinski definition) is 2. The molecule has 0 bridgehead atoms. The van der Waals surface area contributed by atoms with Gasteiger partial charge >= 0.3 is 0 Å². The van der Waals surface area contributed by atoms with Crippen LogP contribution in [0.4, 0.5) is 5.82 Å². The van der Waals surface area contributed by atoms with Crippen molar-refractivity contribution in [3.8, 4) is 12.3 Å². The lowest BCUT2D eigenvalue weighted by molar-refractivity contribution is -0.119. The lowest BCUT2D eigenvalue weighted by Gasteiger charge is -2.27. The summed E-state index contributed by atoms with van der Waals surface area (Å²) in [4.78, 5) is 30.1. The number of amides is 2. The second-order valence-corrected chi connectivity index (χ2v) is 5.09. The number of piperidine rings is 1. The first-order chi connectivity index (χ1) is 10.7. The van der Waals surface area contributed by atoms with Gasteiger partial charge in [-0.25, -0.2) is 4.98 Å². The molecular formula is C16H20N4O2. The third-order valence-electron chi connectivity index (χ3n) is 3.49. The zero-order valence-electron chi connectivity index (χ0n) is 12.5. The third kappa shape index (κ3) is 4.22. The van der Waals surface area contributed by atoms with Crippen molar-refractivity contribution >= 4 is 17.6 Å². The van der Waals surface area contributed by atoms with Crippen LogP contribution in [0, 0.1) is 12.3 Å². The lowest BCUT2D eigenvalue weighted by Crippen LogP contribution is -2.36. The van der Waals surface area contributed by atoms with Crippen molar-refractivity contribution in [2.75, 3.05) is 31.5 Å². The fourth-order valence-electron chi connectivity index (χ4n) is 2.36. The van der Waals surface area contributed by atoms with Crippen LogP contribution in [0.5, 0.6) is 0 Å². The van der Waals surface area contributed by atoms with Gasteiger partial charge in [0.1, 0.15) is 5.82 Å². The highest BCUT2D eigenvalue weighted by atomic mass is 16.2. The first kappa shape index (κ1) is 15.8. The number of carbonyl (C=O) groups is 2. The second-order valence-electron chi connectivity index (χ2n) is 5.09. The van der Waals surface area contributed by atoms with Crippen molar-refractivity contribution < 1.29 is 9.59 Å². The molecule has 2 heterocycles. The zero-order valence-corrected chi connectivity index (χ0v) is 12.5. The summed E-state index contributed by atoms with van der Waals surface area (Å²) in [5.41, 5.74) is 0.495. The van der Waals surface area contributed by atoms with E-state index in [-0.39, 0.29) is 24.9 Å². The molecule has 0 spiro atoms. The molecule has 0 atom stereocenters. The van der Waals surface area contributed by atoms with Crippen molar-refractivity contribution in [1.82, 2.24) is 15.2 Å². The van der Waals surface area contributed by atoms with Crippen LogP contribution in [0.2, 0.25) is 0 Å². The quantitative estimate of drug-likeness (QED) is 0.791. The van der Waals surface area contributed by atoms with E-state index in [4.69, 9.17) is 6.42 Å². The maximum Gasteiger partial charge on any atom is 0.257 e. The molecule has 1 fully saturated rings. The van der Waals surface area contributed by atoms with Crippen molar-refractivity contribution in [3.05, 3.63) is 23.9 Å². The zero-order chi connectivity index (χ0) is 15.8.